The van der Waals surface area contributed by atoms with Crippen LogP contribution in [0, 0.1) is 0 Å². The zero-order chi connectivity index (χ0) is 13.2. The van der Waals surface area contributed by atoms with E-state index in [1.807, 2.05) is 21.6 Å². The smallest absolute Gasteiger partial charge is 0.152 e. The standard InChI is InChI=1S/C13H15N5S/c1-9(2)11-5-12-13(14-3-4-18(12)17-11)15-6-10-7-19-8-16-10/h3-5,7-9H,6H2,1-2H3,(H,14,15). The van der Waals surface area contributed by atoms with Crippen molar-refractivity contribution in [1.29, 1.82) is 0 Å². The quantitative estimate of drug-likeness (QED) is 0.794. The van der Waals surface area contributed by atoms with Gasteiger partial charge in [-0.3, -0.25) is 0 Å². The minimum Gasteiger partial charge on any atom is -0.363 e. The number of hydrogen-bond acceptors (Lipinski definition) is 5. The van der Waals surface area contributed by atoms with Crippen molar-refractivity contribution in [3.05, 3.63) is 40.7 Å². The molecule has 0 radical (unpaired) electrons. The van der Waals surface area contributed by atoms with Gasteiger partial charge in [-0.15, -0.1) is 11.3 Å². The largest absolute Gasteiger partial charge is 0.363 e. The Balaban J connectivity index is 1.90. The number of aromatic nitrogens is 4. The van der Waals surface area contributed by atoms with Gasteiger partial charge in [0.1, 0.15) is 5.52 Å². The Bertz CT molecular complexity index is 671. The van der Waals surface area contributed by atoms with Crippen molar-refractivity contribution in [2.75, 3.05) is 5.32 Å². The van der Waals surface area contributed by atoms with Gasteiger partial charge in [-0.2, -0.15) is 5.10 Å². The molecule has 5 nitrogen and oxygen atoms in total. The van der Waals surface area contributed by atoms with Gasteiger partial charge in [0.2, 0.25) is 0 Å². The van der Waals surface area contributed by atoms with E-state index in [1.165, 1.54) is 0 Å². The SMILES string of the molecule is CC(C)c1cc2c(NCc3cscn3)nccn2n1. The average Bonchev–Trinajstić information content (AvgIpc) is 3.05. The van der Waals surface area contributed by atoms with Gasteiger partial charge in [-0.1, -0.05) is 13.8 Å². The minimum absolute atomic E-state index is 0.409. The third-order valence-electron chi connectivity index (χ3n) is 2.92. The number of hydrogen-bond donors (Lipinski definition) is 1. The molecule has 6 heteroatoms. The van der Waals surface area contributed by atoms with Crippen LogP contribution in [0.15, 0.2) is 29.4 Å². The Labute approximate surface area is 115 Å². The second kappa shape index (κ2) is 4.97. The first-order valence-corrected chi connectivity index (χ1v) is 7.13. The maximum Gasteiger partial charge on any atom is 0.152 e. The topological polar surface area (TPSA) is 55.1 Å². The molecule has 3 aromatic heterocycles. The molecule has 0 aliphatic heterocycles. The summed E-state index contributed by atoms with van der Waals surface area (Å²) in [6, 6.07) is 2.08. The second-order valence-electron chi connectivity index (χ2n) is 4.66. The van der Waals surface area contributed by atoms with Gasteiger partial charge < -0.3 is 5.32 Å². The van der Waals surface area contributed by atoms with Crippen molar-refractivity contribution in [3.8, 4) is 0 Å². The van der Waals surface area contributed by atoms with Gasteiger partial charge in [0.15, 0.2) is 5.82 Å². The van der Waals surface area contributed by atoms with Crippen LogP contribution in [0.4, 0.5) is 5.82 Å². The lowest BCUT2D eigenvalue weighted by Crippen LogP contribution is -2.03. The Morgan fingerprint density at radius 3 is 3.00 bits per heavy atom. The van der Waals surface area contributed by atoms with Gasteiger partial charge in [0.05, 0.1) is 23.4 Å². The fourth-order valence-corrected chi connectivity index (χ4v) is 2.42. The third kappa shape index (κ3) is 2.44. The molecular formula is C13H15N5S. The summed E-state index contributed by atoms with van der Waals surface area (Å²) < 4.78 is 1.87. The van der Waals surface area contributed by atoms with Crippen LogP contribution < -0.4 is 5.32 Å². The summed E-state index contributed by atoms with van der Waals surface area (Å²) in [6.45, 7) is 4.95. The van der Waals surface area contributed by atoms with Crippen molar-refractivity contribution in [3.63, 3.8) is 0 Å². The highest BCUT2D eigenvalue weighted by Crippen LogP contribution is 2.20. The maximum atomic E-state index is 4.54. The molecule has 0 bridgehead atoms. The molecule has 0 saturated carbocycles. The van der Waals surface area contributed by atoms with Crippen molar-refractivity contribution >= 4 is 22.7 Å². The van der Waals surface area contributed by atoms with E-state index < -0.39 is 0 Å². The normalized spacial score (nSPS) is 11.3. The highest BCUT2D eigenvalue weighted by Gasteiger charge is 2.09. The molecule has 0 aromatic carbocycles. The van der Waals surface area contributed by atoms with E-state index in [9.17, 15) is 0 Å². The maximum absolute atomic E-state index is 4.54. The van der Waals surface area contributed by atoms with E-state index in [0.717, 1.165) is 22.7 Å². The zero-order valence-corrected chi connectivity index (χ0v) is 11.7. The summed E-state index contributed by atoms with van der Waals surface area (Å²) in [5, 5.41) is 9.89. The first kappa shape index (κ1) is 12.1. The Hall–Kier alpha value is -1.95. The summed E-state index contributed by atoms with van der Waals surface area (Å²) in [5.74, 6) is 1.25. The van der Waals surface area contributed by atoms with E-state index in [1.54, 1.807) is 17.5 Å². The monoisotopic (exact) mass is 273 g/mol. The van der Waals surface area contributed by atoms with Gasteiger partial charge in [-0.25, -0.2) is 14.5 Å². The molecule has 0 aliphatic rings. The molecule has 0 aliphatic carbocycles. The molecule has 3 rings (SSSR count). The number of thiazole rings is 1. The first-order chi connectivity index (χ1) is 9.24. The van der Waals surface area contributed by atoms with E-state index in [-0.39, 0.29) is 0 Å². The van der Waals surface area contributed by atoms with Gasteiger partial charge in [0, 0.05) is 17.8 Å². The molecule has 0 spiro atoms. The molecule has 3 aromatic rings. The number of fused-ring (bicyclic) bond motifs is 1. The average molecular weight is 273 g/mol. The fourth-order valence-electron chi connectivity index (χ4n) is 1.86. The summed E-state index contributed by atoms with van der Waals surface area (Å²) in [6.07, 6.45) is 3.63. The van der Waals surface area contributed by atoms with Gasteiger partial charge in [0.25, 0.3) is 0 Å². The predicted molar refractivity (Wildman–Crippen MR) is 76.5 cm³/mol. The molecule has 0 fully saturated rings. The number of anilines is 1. The summed E-state index contributed by atoms with van der Waals surface area (Å²) >= 11 is 1.60. The Morgan fingerprint density at radius 1 is 1.37 bits per heavy atom. The highest BCUT2D eigenvalue weighted by molar-refractivity contribution is 7.07. The van der Waals surface area contributed by atoms with Crippen molar-refractivity contribution in [2.45, 2.75) is 26.3 Å². The lowest BCUT2D eigenvalue weighted by Gasteiger charge is -2.04. The van der Waals surface area contributed by atoms with E-state index >= 15 is 0 Å². The van der Waals surface area contributed by atoms with Crippen LogP contribution in [0.2, 0.25) is 0 Å². The molecule has 0 saturated heterocycles. The van der Waals surface area contributed by atoms with Crippen LogP contribution >= 0.6 is 11.3 Å². The van der Waals surface area contributed by atoms with Crippen LogP contribution in [0.1, 0.15) is 31.2 Å². The van der Waals surface area contributed by atoms with Crippen molar-refractivity contribution in [1.82, 2.24) is 19.6 Å². The lowest BCUT2D eigenvalue weighted by molar-refractivity contribution is 0.787. The van der Waals surface area contributed by atoms with Crippen LogP contribution in [-0.2, 0) is 6.54 Å². The molecular weight excluding hydrogens is 258 g/mol. The summed E-state index contributed by atoms with van der Waals surface area (Å²) in [4.78, 5) is 8.63. The summed E-state index contributed by atoms with van der Waals surface area (Å²) in [7, 11) is 0. The zero-order valence-electron chi connectivity index (χ0n) is 10.9. The molecule has 0 unspecified atom stereocenters. The van der Waals surface area contributed by atoms with Crippen molar-refractivity contribution in [2.24, 2.45) is 0 Å². The molecule has 0 atom stereocenters. The van der Waals surface area contributed by atoms with Crippen LogP contribution in [0.5, 0.6) is 0 Å². The molecule has 98 valence electrons. The summed E-state index contributed by atoms with van der Waals surface area (Å²) in [5.41, 5.74) is 4.93. The van der Waals surface area contributed by atoms with Crippen LogP contribution in [0.25, 0.3) is 5.52 Å². The van der Waals surface area contributed by atoms with Crippen LogP contribution in [-0.4, -0.2) is 19.6 Å². The molecule has 3 heterocycles. The van der Waals surface area contributed by atoms with E-state index in [0.29, 0.717) is 12.5 Å². The van der Waals surface area contributed by atoms with Gasteiger partial charge >= 0.3 is 0 Å². The van der Waals surface area contributed by atoms with E-state index in [2.05, 4.69) is 40.3 Å². The number of nitrogens with zero attached hydrogens (tertiary/aromatic N) is 4. The molecule has 1 N–H and O–H groups in total. The lowest BCUT2D eigenvalue weighted by atomic mass is 10.1. The Morgan fingerprint density at radius 2 is 2.26 bits per heavy atom. The predicted octanol–water partition coefficient (Wildman–Crippen LogP) is 2.92. The fraction of sp³-hybridized carbons (Fsp3) is 0.308. The van der Waals surface area contributed by atoms with E-state index in [4.69, 9.17) is 0 Å². The van der Waals surface area contributed by atoms with Gasteiger partial charge in [-0.05, 0) is 12.0 Å². The molecule has 0 amide bonds. The third-order valence-corrected chi connectivity index (χ3v) is 3.56. The molecule has 19 heavy (non-hydrogen) atoms. The first-order valence-electron chi connectivity index (χ1n) is 6.19. The second-order valence-corrected chi connectivity index (χ2v) is 5.38. The van der Waals surface area contributed by atoms with Crippen molar-refractivity contribution < 1.29 is 0 Å². The number of nitrogens with one attached hydrogen (secondary N) is 1. The van der Waals surface area contributed by atoms with Crippen LogP contribution in [0.3, 0.4) is 0 Å². The Kier molecular flexibility index (Phi) is 3.16. The number of rotatable bonds is 4. The minimum atomic E-state index is 0.409. The highest BCUT2D eigenvalue weighted by atomic mass is 32.1.